The average molecular weight is 418 g/mol. The summed E-state index contributed by atoms with van der Waals surface area (Å²) in [6, 6.07) is 10.9. The van der Waals surface area contributed by atoms with Crippen LogP contribution in [-0.2, 0) is 4.79 Å². The lowest BCUT2D eigenvalue weighted by atomic mass is 9.85. The van der Waals surface area contributed by atoms with Gasteiger partial charge < -0.3 is 15.5 Å². The zero-order valence-corrected chi connectivity index (χ0v) is 17.3. The second kappa shape index (κ2) is 9.27. The number of hydrogen-bond donors (Lipinski definition) is 2. The van der Waals surface area contributed by atoms with Crippen molar-refractivity contribution in [3.05, 3.63) is 58.9 Å². The number of anilines is 2. The normalized spacial score (nSPS) is 15.7. The number of aryl methyl sites for hydroxylation is 1. The minimum Gasteiger partial charge on any atom is -0.326 e. The van der Waals surface area contributed by atoms with Gasteiger partial charge in [-0.1, -0.05) is 24.6 Å². The van der Waals surface area contributed by atoms with E-state index in [0.717, 1.165) is 18.4 Å². The van der Waals surface area contributed by atoms with E-state index in [0.29, 0.717) is 29.5 Å². The summed E-state index contributed by atoms with van der Waals surface area (Å²) in [7, 11) is 0. The first-order chi connectivity index (χ1) is 13.8. The molecule has 2 aromatic rings. The lowest BCUT2D eigenvalue weighted by Gasteiger charge is -2.34. The van der Waals surface area contributed by atoms with Gasteiger partial charge in [-0.05, 0) is 67.6 Å². The van der Waals surface area contributed by atoms with E-state index in [1.54, 1.807) is 11.0 Å². The Balaban J connectivity index is 1.49. The van der Waals surface area contributed by atoms with Crippen LogP contribution in [0.25, 0.3) is 0 Å². The highest BCUT2D eigenvalue weighted by Gasteiger charge is 2.30. The largest absolute Gasteiger partial charge is 0.326 e. The third kappa shape index (κ3) is 5.48. The Morgan fingerprint density at radius 3 is 2.31 bits per heavy atom. The highest BCUT2D eigenvalue weighted by atomic mass is 35.5. The van der Waals surface area contributed by atoms with Gasteiger partial charge in [-0.2, -0.15) is 0 Å². The molecule has 0 radical (unpaired) electrons. The van der Waals surface area contributed by atoms with Gasteiger partial charge in [0.05, 0.1) is 0 Å². The maximum absolute atomic E-state index is 13.0. The molecule has 1 heterocycles. The highest BCUT2D eigenvalue weighted by molar-refractivity contribution is 6.31. The van der Waals surface area contributed by atoms with E-state index in [1.165, 1.54) is 24.3 Å². The maximum atomic E-state index is 13.0. The van der Waals surface area contributed by atoms with Crippen LogP contribution in [0.4, 0.5) is 20.6 Å². The number of halogens is 2. The molecule has 0 aliphatic carbocycles. The molecule has 0 saturated carbocycles. The Morgan fingerprint density at radius 1 is 1.07 bits per heavy atom. The van der Waals surface area contributed by atoms with Crippen LogP contribution < -0.4 is 10.6 Å². The molecule has 1 aliphatic heterocycles. The van der Waals surface area contributed by atoms with E-state index in [2.05, 4.69) is 10.6 Å². The zero-order chi connectivity index (χ0) is 21.0. The van der Waals surface area contributed by atoms with Crippen LogP contribution in [0.5, 0.6) is 0 Å². The molecule has 3 rings (SSSR count). The number of benzene rings is 2. The van der Waals surface area contributed by atoms with Crippen molar-refractivity contribution in [3.8, 4) is 0 Å². The van der Waals surface area contributed by atoms with E-state index >= 15 is 0 Å². The molecule has 1 saturated heterocycles. The number of amides is 3. The molecule has 2 N–H and O–H groups in total. The summed E-state index contributed by atoms with van der Waals surface area (Å²) in [5.41, 5.74) is 2.21. The summed E-state index contributed by atoms with van der Waals surface area (Å²) in [5.74, 6) is -0.355. The fraction of sp³-hybridized carbons (Fsp3) is 0.364. The monoisotopic (exact) mass is 417 g/mol. The molecule has 0 bridgehead atoms. The third-order valence-electron chi connectivity index (χ3n) is 5.48. The minimum atomic E-state index is -0.344. The van der Waals surface area contributed by atoms with Gasteiger partial charge >= 0.3 is 6.03 Å². The molecule has 1 unspecified atom stereocenters. The van der Waals surface area contributed by atoms with Crippen LogP contribution in [0.2, 0.25) is 5.02 Å². The van der Waals surface area contributed by atoms with Gasteiger partial charge in [0, 0.05) is 35.4 Å². The predicted octanol–water partition coefficient (Wildman–Crippen LogP) is 5.31. The molecular formula is C22H25ClFN3O2. The van der Waals surface area contributed by atoms with Gasteiger partial charge in [0.1, 0.15) is 5.82 Å². The SMILES string of the molecule is Cc1ccc(NC(=O)C(C)C2CCN(C(=O)Nc3ccc(F)cc3)CC2)cc1Cl. The van der Waals surface area contributed by atoms with Crippen molar-refractivity contribution in [1.82, 2.24) is 4.90 Å². The molecule has 5 nitrogen and oxygen atoms in total. The lowest BCUT2D eigenvalue weighted by Crippen LogP contribution is -2.43. The van der Waals surface area contributed by atoms with Crippen LogP contribution in [0.1, 0.15) is 25.3 Å². The van der Waals surface area contributed by atoms with Crippen molar-refractivity contribution >= 4 is 34.9 Å². The summed E-state index contributed by atoms with van der Waals surface area (Å²) in [6.07, 6.45) is 1.50. The Morgan fingerprint density at radius 2 is 1.69 bits per heavy atom. The predicted molar refractivity (Wildman–Crippen MR) is 114 cm³/mol. The summed E-state index contributed by atoms with van der Waals surface area (Å²) in [4.78, 5) is 26.7. The van der Waals surface area contributed by atoms with Crippen molar-refractivity contribution in [2.24, 2.45) is 11.8 Å². The van der Waals surface area contributed by atoms with E-state index in [-0.39, 0.29) is 29.6 Å². The minimum absolute atomic E-state index is 0.0425. The molecule has 7 heteroatoms. The Hall–Kier alpha value is -2.60. The number of likely N-dealkylation sites (tertiary alicyclic amines) is 1. The van der Waals surface area contributed by atoms with Gasteiger partial charge in [0.15, 0.2) is 0 Å². The van der Waals surface area contributed by atoms with Crippen molar-refractivity contribution in [2.45, 2.75) is 26.7 Å². The first kappa shape index (κ1) is 21.1. The number of hydrogen-bond acceptors (Lipinski definition) is 2. The van der Waals surface area contributed by atoms with E-state index in [1.807, 2.05) is 26.0 Å². The molecule has 0 spiro atoms. The van der Waals surface area contributed by atoms with Crippen molar-refractivity contribution in [2.75, 3.05) is 23.7 Å². The smallest absolute Gasteiger partial charge is 0.321 e. The number of nitrogens with one attached hydrogen (secondary N) is 2. The molecule has 154 valence electrons. The van der Waals surface area contributed by atoms with Crippen LogP contribution in [0.3, 0.4) is 0 Å². The highest BCUT2D eigenvalue weighted by Crippen LogP contribution is 2.27. The Kier molecular flexibility index (Phi) is 6.75. The number of rotatable bonds is 4. The van der Waals surface area contributed by atoms with E-state index in [4.69, 9.17) is 11.6 Å². The molecule has 3 amide bonds. The lowest BCUT2D eigenvalue weighted by molar-refractivity contribution is -0.121. The van der Waals surface area contributed by atoms with Crippen molar-refractivity contribution in [3.63, 3.8) is 0 Å². The van der Waals surface area contributed by atoms with Crippen molar-refractivity contribution < 1.29 is 14.0 Å². The maximum Gasteiger partial charge on any atom is 0.321 e. The fourth-order valence-electron chi connectivity index (χ4n) is 3.48. The fourth-order valence-corrected chi connectivity index (χ4v) is 3.66. The molecule has 1 fully saturated rings. The van der Waals surface area contributed by atoms with Crippen LogP contribution >= 0.6 is 11.6 Å². The zero-order valence-electron chi connectivity index (χ0n) is 16.5. The van der Waals surface area contributed by atoms with Gasteiger partial charge in [-0.3, -0.25) is 4.79 Å². The number of urea groups is 1. The van der Waals surface area contributed by atoms with E-state index in [9.17, 15) is 14.0 Å². The first-order valence-corrected chi connectivity index (χ1v) is 10.1. The first-order valence-electron chi connectivity index (χ1n) is 9.72. The summed E-state index contributed by atoms with van der Waals surface area (Å²) in [5, 5.41) is 6.33. The van der Waals surface area contributed by atoms with Crippen molar-refractivity contribution in [1.29, 1.82) is 0 Å². The molecule has 2 aromatic carbocycles. The average Bonchev–Trinajstić information content (AvgIpc) is 2.72. The summed E-state index contributed by atoms with van der Waals surface area (Å²) < 4.78 is 13.0. The van der Waals surface area contributed by atoms with Crippen LogP contribution in [0.15, 0.2) is 42.5 Å². The summed E-state index contributed by atoms with van der Waals surface area (Å²) in [6.45, 7) is 4.98. The molecular weight excluding hydrogens is 393 g/mol. The second-order valence-corrected chi connectivity index (χ2v) is 7.91. The van der Waals surface area contributed by atoms with E-state index < -0.39 is 0 Å². The number of piperidine rings is 1. The summed E-state index contributed by atoms with van der Waals surface area (Å²) >= 11 is 6.12. The van der Waals surface area contributed by atoms with Gasteiger partial charge in [0.25, 0.3) is 0 Å². The van der Waals surface area contributed by atoms with Crippen LogP contribution in [0, 0.1) is 24.6 Å². The molecule has 29 heavy (non-hydrogen) atoms. The number of carbonyl (C=O) groups is 2. The molecule has 0 aromatic heterocycles. The Labute approximate surface area is 175 Å². The van der Waals surface area contributed by atoms with Crippen LogP contribution in [-0.4, -0.2) is 29.9 Å². The van der Waals surface area contributed by atoms with Gasteiger partial charge in [-0.15, -0.1) is 0 Å². The number of carbonyl (C=O) groups excluding carboxylic acids is 2. The van der Waals surface area contributed by atoms with Gasteiger partial charge in [-0.25, -0.2) is 9.18 Å². The Bertz CT molecular complexity index is 880. The molecule has 1 atom stereocenters. The van der Waals surface area contributed by atoms with Gasteiger partial charge in [0.2, 0.25) is 5.91 Å². The molecule has 1 aliphatic rings. The second-order valence-electron chi connectivity index (χ2n) is 7.50. The third-order valence-corrected chi connectivity index (χ3v) is 5.89. The topological polar surface area (TPSA) is 61.4 Å². The number of nitrogens with zero attached hydrogens (tertiary/aromatic N) is 1. The standard InChI is InChI=1S/C22H25ClFN3O2/c1-14-3-6-19(13-20(14)23)25-21(28)15(2)16-9-11-27(12-10-16)22(29)26-18-7-4-17(24)5-8-18/h3-8,13,15-16H,9-12H2,1-2H3,(H,25,28)(H,26,29). The quantitative estimate of drug-likeness (QED) is 0.708.